The molecule has 3 heterocycles. The van der Waals surface area contributed by atoms with E-state index in [-0.39, 0.29) is 17.9 Å². The van der Waals surface area contributed by atoms with Crippen LogP contribution in [0.2, 0.25) is 0 Å². The standard InChI is InChI=1S/C12H17N3O3/c1-14-6-4-13-11(14)10-9(3-8-17-10)12(16)15-5-2-7-18-15/h4,6,9-10H,2-3,5,7-8H2,1H3/t9-,10-/m1/s1. The molecule has 1 aromatic heterocycles. The fourth-order valence-electron chi connectivity index (χ4n) is 2.55. The van der Waals surface area contributed by atoms with E-state index in [1.54, 1.807) is 6.20 Å². The molecule has 0 N–H and O–H groups in total. The molecule has 1 aromatic rings. The van der Waals surface area contributed by atoms with Crippen molar-refractivity contribution in [2.75, 3.05) is 19.8 Å². The maximum atomic E-state index is 12.3. The Labute approximate surface area is 105 Å². The average Bonchev–Trinajstić information content (AvgIpc) is 3.09. The molecule has 6 heteroatoms. The quantitative estimate of drug-likeness (QED) is 0.775. The first-order valence-corrected chi connectivity index (χ1v) is 6.30. The van der Waals surface area contributed by atoms with Crippen LogP contribution >= 0.6 is 0 Å². The minimum absolute atomic E-state index is 0.0259. The lowest BCUT2D eigenvalue weighted by Crippen LogP contribution is -2.34. The van der Waals surface area contributed by atoms with Crippen LogP contribution in [0.25, 0.3) is 0 Å². The summed E-state index contributed by atoms with van der Waals surface area (Å²) in [6, 6.07) is 0. The molecule has 2 fully saturated rings. The van der Waals surface area contributed by atoms with Crippen LogP contribution in [-0.4, -0.2) is 40.3 Å². The van der Waals surface area contributed by atoms with Gasteiger partial charge < -0.3 is 9.30 Å². The summed E-state index contributed by atoms with van der Waals surface area (Å²) in [7, 11) is 1.91. The summed E-state index contributed by atoms with van der Waals surface area (Å²) in [5, 5.41) is 1.48. The number of rotatable bonds is 2. The third kappa shape index (κ3) is 1.91. The van der Waals surface area contributed by atoms with E-state index in [0.29, 0.717) is 19.8 Å². The topological polar surface area (TPSA) is 56.6 Å². The van der Waals surface area contributed by atoms with Crippen LogP contribution in [-0.2, 0) is 21.4 Å². The predicted octanol–water partition coefficient (Wildman–Crippen LogP) is 0.662. The first-order valence-electron chi connectivity index (χ1n) is 6.30. The highest BCUT2D eigenvalue weighted by Crippen LogP contribution is 2.35. The zero-order valence-corrected chi connectivity index (χ0v) is 10.4. The Morgan fingerprint density at radius 2 is 2.39 bits per heavy atom. The molecule has 6 nitrogen and oxygen atoms in total. The van der Waals surface area contributed by atoms with Gasteiger partial charge in [0.25, 0.3) is 5.91 Å². The molecule has 0 spiro atoms. The van der Waals surface area contributed by atoms with Crippen molar-refractivity contribution >= 4 is 5.91 Å². The zero-order valence-electron chi connectivity index (χ0n) is 10.4. The summed E-state index contributed by atoms with van der Waals surface area (Å²) in [5.74, 6) is 0.659. The molecule has 2 aliphatic heterocycles. The molecule has 0 unspecified atom stereocenters. The lowest BCUT2D eigenvalue weighted by atomic mass is 9.99. The Hall–Kier alpha value is -1.40. The molecular weight excluding hydrogens is 234 g/mol. The maximum absolute atomic E-state index is 12.3. The summed E-state index contributed by atoms with van der Waals surface area (Å²) < 4.78 is 7.59. The molecule has 98 valence electrons. The van der Waals surface area contributed by atoms with E-state index in [1.165, 1.54) is 5.06 Å². The predicted molar refractivity (Wildman–Crippen MR) is 62.3 cm³/mol. The van der Waals surface area contributed by atoms with Gasteiger partial charge in [-0.15, -0.1) is 0 Å². The van der Waals surface area contributed by atoms with Crippen LogP contribution in [0.4, 0.5) is 0 Å². The zero-order chi connectivity index (χ0) is 12.5. The minimum atomic E-state index is -0.248. The number of hydrogen-bond acceptors (Lipinski definition) is 4. The average molecular weight is 251 g/mol. The molecular formula is C12H17N3O3. The fourth-order valence-corrected chi connectivity index (χ4v) is 2.55. The minimum Gasteiger partial charge on any atom is -0.369 e. The van der Waals surface area contributed by atoms with E-state index < -0.39 is 0 Å². The molecule has 2 aliphatic rings. The van der Waals surface area contributed by atoms with Crippen molar-refractivity contribution in [2.24, 2.45) is 13.0 Å². The van der Waals surface area contributed by atoms with E-state index >= 15 is 0 Å². The van der Waals surface area contributed by atoms with E-state index in [0.717, 1.165) is 18.7 Å². The number of hydrogen-bond donors (Lipinski definition) is 0. The fraction of sp³-hybridized carbons (Fsp3) is 0.667. The summed E-state index contributed by atoms with van der Waals surface area (Å²) in [5.41, 5.74) is 0. The molecule has 18 heavy (non-hydrogen) atoms. The Morgan fingerprint density at radius 1 is 1.50 bits per heavy atom. The van der Waals surface area contributed by atoms with Crippen molar-refractivity contribution in [3.8, 4) is 0 Å². The highest BCUT2D eigenvalue weighted by molar-refractivity contribution is 5.79. The maximum Gasteiger partial charge on any atom is 0.252 e. The SMILES string of the molecule is Cn1ccnc1[C@@H]1OCC[C@H]1C(=O)N1CCCO1. The van der Waals surface area contributed by atoms with Crippen LogP contribution in [0.5, 0.6) is 0 Å². The monoisotopic (exact) mass is 251 g/mol. The Kier molecular flexibility index (Phi) is 3.05. The summed E-state index contributed by atoms with van der Waals surface area (Å²) in [4.78, 5) is 22.0. The molecule has 2 saturated heterocycles. The number of nitrogens with zero attached hydrogens (tertiary/aromatic N) is 3. The van der Waals surface area contributed by atoms with Crippen LogP contribution in [0.3, 0.4) is 0 Å². The number of aryl methyl sites for hydroxylation is 1. The van der Waals surface area contributed by atoms with Crippen molar-refractivity contribution in [1.29, 1.82) is 0 Å². The van der Waals surface area contributed by atoms with E-state index in [4.69, 9.17) is 9.57 Å². The van der Waals surface area contributed by atoms with Crippen LogP contribution in [0.15, 0.2) is 12.4 Å². The lowest BCUT2D eigenvalue weighted by molar-refractivity contribution is -0.175. The normalized spacial score (nSPS) is 27.9. The molecule has 0 bridgehead atoms. The molecule has 0 saturated carbocycles. The van der Waals surface area contributed by atoms with Crippen molar-refractivity contribution in [2.45, 2.75) is 18.9 Å². The third-order valence-electron chi connectivity index (χ3n) is 3.52. The second-order valence-electron chi connectivity index (χ2n) is 4.71. The molecule has 1 amide bonds. The van der Waals surface area contributed by atoms with Crippen LogP contribution in [0, 0.1) is 5.92 Å². The van der Waals surface area contributed by atoms with Crippen molar-refractivity contribution in [1.82, 2.24) is 14.6 Å². The highest BCUT2D eigenvalue weighted by Gasteiger charge is 2.40. The number of hydroxylamine groups is 2. The molecule has 2 atom stereocenters. The number of imidazole rings is 1. The lowest BCUT2D eigenvalue weighted by Gasteiger charge is -2.22. The van der Waals surface area contributed by atoms with Gasteiger partial charge in [0.2, 0.25) is 0 Å². The number of aromatic nitrogens is 2. The van der Waals surface area contributed by atoms with E-state index in [2.05, 4.69) is 4.98 Å². The van der Waals surface area contributed by atoms with Crippen molar-refractivity contribution < 1.29 is 14.4 Å². The number of ether oxygens (including phenoxy) is 1. The van der Waals surface area contributed by atoms with Gasteiger partial charge in [0, 0.05) is 26.0 Å². The van der Waals surface area contributed by atoms with Crippen LogP contribution in [0.1, 0.15) is 24.8 Å². The number of amides is 1. The van der Waals surface area contributed by atoms with E-state index in [1.807, 2.05) is 17.8 Å². The third-order valence-corrected chi connectivity index (χ3v) is 3.52. The van der Waals surface area contributed by atoms with Gasteiger partial charge in [-0.1, -0.05) is 0 Å². The van der Waals surface area contributed by atoms with E-state index in [9.17, 15) is 4.79 Å². The van der Waals surface area contributed by atoms with Gasteiger partial charge in [0.15, 0.2) is 0 Å². The first kappa shape index (κ1) is 11.7. The second-order valence-corrected chi connectivity index (χ2v) is 4.71. The van der Waals surface area contributed by atoms with Gasteiger partial charge in [0.05, 0.1) is 19.1 Å². The Balaban J connectivity index is 1.79. The summed E-state index contributed by atoms with van der Waals surface area (Å²) >= 11 is 0. The van der Waals surface area contributed by atoms with Gasteiger partial charge in [-0.3, -0.25) is 9.63 Å². The van der Waals surface area contributed by atoms with Crippen LogP contribution < -0.4 is 0 Å². The van der Waals surface area contributed by atoms with Gasteiger partial charge >= 0.3 is 0 Å². The summed E-state index contributed by atoms with van der Waals surface area (Å²) in [6.07, 6.45) is 4.99. The molecule has 0 aliphatic carbocycles. The summed E-state index contributed by atoms with van der Waals surface area (Å²) in [6.45, 7) is 1.91. The van der Waals surface area contributed by atoms with Gasteiger partial charge in [0.1, 0.15) is 11.9 Å². The molecule has 3 rings (SSSR count). The van der Waals surface area contributed by atoms with Gasteiger partial charge in [-0.25, -0.2) is 10.0 Å². The number of carbonyl (C=O) groups excluding carboxylic acids is 1. The smallest absolute Gasteiger partial charge is 0.252 e. The first-order chi connectivity index (χ1) is 8.77. The highest BCUT2D eigenvalue weighted by atomic mass is 16.7. The Bertz CT molecular complexity index is 440. The van der Waals surface area contributed by atoms with Gasteiger partial charge in [-0.2, -0.15) is 0 Å². The molecule has 0 aromatic carbocycles. The molecule has 0 radical (unpaired) electrons. The van der Waals surface area contributed by atoms with Gasteiger partial charge in [-0.05, 0) is 12.8 Å². The Morgan fingerprint density at radius 3 is 3.06 bits per heavy atom. The second kappa shape index (κ2) is 4.70. The largest absolute Gasteiger partial charge is 0.369 e. The van der Waals surface area contributed by atoms with Crippen molar-refractivity contribution in [3.05, 3.63) is 18.2 Å². The number of carbonyl (C=O) groups is 1. The van der Waals surface area contributed by atoms with Crippen molar-refractivity contribution in [3.63, 3.8) is 0 Å².